The average molecular weight is 252 g/mol. The summed E-state index contributed by atoms with van der Waals surface area (Å²) in [7, 11) is 2.18. The van der Waals surface area contributed by atoms with Gasteiger partial charge in [0.1, 0.15) is 0 Å². The van der Waals surface area contributed by atoms with Gasteiger partial charge in [-0.25, -0.2) is 4.98 Å². The summed E-state index contributed by atoms with van der Waals surface area (Å²) in [6.07, 6.45) is 1.72. The number of nitrogens with two attached hydrogens (primary N) is 1. The van der Waals surface area contributed by atoms with Crippen LogP contribution in [0, 0.1) is 0 Å². The highest BCUT2D eigenvalue weighted by molar-refractivity contribution is 7.99. The lowest BCUT2D eigenvalue weighted by Gasteiger charge is -2.32. The summed E-state index contributed by atoms with van der Waals surface area (Å²) in [6.45, 7) is 5.89. The van der Waals surface area contributed by atoms with Crippen molar-refractivity contribution < 1.29 is 0 Å². The Kier molecular flexibility index (Phi) is 4.65. The quantitative estimate of drug-likeness (QED) is 0.810. The molecule has 5 heteroatoms. The molecule has 1 fully saturated rings. The zero-order valence-electron chi connectivity index (χ0n) is 10.3. The highest BCUT2D eigenvalue weighted by atomic mass is 32.2. The van der Waals surface area contributed by atoms with Crippen LogP contribution in [-0.4, -0.2) is 60.3 Å². The van der Waals surface area contributed by atoms with Gasteiger partial charge < -0.3 is 10.6 Å². The van der Waals surface area contributed by atoms with Gasteiger partial charge in [0.05, 0.1) is 16.9 Å². The van der Waals surface area contributed by atoms with Crippen LogP contribution in [0.25, 0.3) is 0 Å². The fraction of sp³-hybridized carbons (Fsp3) is 0.583. The number of aromatic nitrogens is 1. The second-order valence-corrected chi connectivity index (χ2v) is 5.54. The Labute approximate surface area is 107 Å². The number of nitrogens with zero attached hydrogens (tertiary/aromatic N) is 3. The monoisotopic (exact) mass is 252 g/mol. The zero-order chi connectivity index (χ0) is 12.1. The summed E-state index contributed by atoms with van der Waals surface area (Å²) in [6, 6.07) is 3.90. The molecule has 1 saturated heterocycles. The minimum absolute atomic E-state index is 0.730. The molecule has 0 saturated carbocycles. The maximum atomic E-state index is 5.60. The van der Waals surface area contributed by atoms with Gasteiger partial charge in [-0.15, -0.1) is 11.8 Å². The normalized spacial score (nSPS) is 18.4. The van der Waals surface area contributed by atoms with Crippen molar-refractivity contribution in [3.8, 4) is 0 Å². The highest BCUT2D eigenvalue weighted by Gasteiger charge is 2.12. The van der Waals surface area contributed by atoms with Crippen LogP contribution in [0.3, 0.4) is 0 Å². The minimum Gasteiger partial charge on any atom is -0.397 e. The lowest BCUT2D eigenvalue weighted by Crippen LogP contribution is -2.45. The molecule has 2 heterocycles. The van der Waals surface area contributed by atoms with Crippen molar-refractivity contribution in [2.45, 2.75) is 5.03 Å². The van der Waals surface area contributed by atoms with Crippen LogP contribution in [0.2, 0.25) is 0 Å². The van der Waals surface area contributed by atoms with Gasteiger partial charge >= 0.3 is 0 Å². The number of anilines is 1. The van der Waals surface area contributed by atoms with Crippen molar-refractivity contribution >= 4 is 17.4 Å². The van der Waals surface area contributed by atoms with Crippen LogP contribution in [-0.2, 0) is 0 Å². The minimum atomic E-state index is 0.730. The average Bonchev–Trinajstić information content (AvgIpc) is 2.34. The summed E-state index contributed by atoms with van der Waals surface area (Å²) in [4.78, 5) is 9.18. The van der Waals surface area contributed by atoms with Gasteiger partial charge in [0.2, 0.25) is 0 Å². The van der Waals surface area contributed by atoms with E-state index in [1.807, 2.05) is 12.1 Å². The fourth-order valence-electron chi connectivity index (χ4n) is 1.83. The summed E-state index contributed by atoms with van der Waals surface area (Å²) in [5, 5.41) is 1.06. The molecule has 94 valence electrons. The van der Waals surface area contributed by atoms with Crippen molar-refractivity contribution in [2.24, 2.45) is 0 Å². The summed E-state index contributed by atoms with van der Waals surface area (Å²) < 4.78 is 0. The standard InChI is InChI=1S/C12H20N4S/c1-15-4-6-16(7-5-15)8-9-17-12-3-2-11(13)10-14-12/h2-3,10H,4-9,13H2,1H3. The summed E-state index contributed by atoms with van der Waals surface area (Å²) >= 11 is 1.80. The Balaban J connectivity index is 1.67. The topological polar surface area (TPSA) is 45.4 Å². The van der Waals surface area contributed by atoms with Gasteiger partial charge in [0.15, 0.2) is 0 Å². The lowest BCUT2D eigenvalue weighted by atomic mass is 10.3. The molecule has 1 aliphatic rings. The van der Waals surface area contributed by atoms with Crippen molar-refractivity contribution in [1.29, 1.82) is 0 Å². The van der Waals surface area contributed by atoms with Gasteiger partial charge in [0.25, 0.3) is 0 Å². The number of rotatable bonds is 4. The van der Waals surface area contributed by atoms with Crippen molar-refractivity contribution in [3.05, 3.63) is 18.3 Å². The molecule has 0 amide bonds. The van der Waals surface area contributed by atoms with Crippen LogP contribution in [0.1, 0.15) is 0 Å². The van der Waals surface area contributed by atoms with Crippen molar-refractivity contribution in [1.82, 2.24) is 14.8 Å². The lowest BCUT2D eigenvalue weighted by molar-refractivity contribution is 0.161. The third-order valence-electron chi connectivity index (χ3n) is 3.01. The van der Waals surface area contributed by atoms with E-state index >= 15 is 0 Å². The van der Waals surface area contributed by atoms with E-state index in [-0.39, 0.29) is 0 Å². The predicted octanol–water partition coefficient (Wildman–Crippen LogP) is 1.00. The Morgan fingerprint density at radius 2 is 2.06 bits per heavy atom. The van der Waals surface area contributed by atoms with E-state index in [0.29, 0.717) is 0 Å². The van der Waals surface area contributed by atoms with Crippen molar-refractivity contribution in [2.75, 3.05) is 51.3 Å². The molecule has 0 atom stereocenters. The number of nitrogen functional groups attached to an aromatic ring is 1. The number of thioether (sulfide) groups is 1. The summed E-state index contributed by atoms with van der Waals surface area (Å²) in [5.74, 6) is 1.10. The molecule has 17 heavy (non-hydrogen) atoms. The Bertz CT molecular complexity index is 333. The number of likely N-dealkylation sites (N-methyl/N-ethyl adjacent to an activating group) is 1. The molecule has 1 aromatic rings. The first kappa shape index (κ1) is 12.7. The van der Waals surface area contributed by atoms with Gasteiger partial charge in [-0.3, -0.25) is 4.90 Å². The largest absolute Gasteiger partial charge is 0.397 e. The highest BCUT2D eigenvalue weighted by Crippen LogP contribution is 2.16. The maximum Gasteiger partial charge on any atom is 0.0961 e. The third kappa shape index (κ3) is 4.18. The molecule has 2 N–H and O–H groups in total. The van der Waals surface area contributed by atoms with E-state index in [1.165, 1.54) is 26.2 Å². The van der Waals surface area contributed by atoms with Crippen LogP contribution < -0.4 is 5.73 Å². The number of hydrogen-bond acceptors (Lipinski definition) is 5. The predicted molar refractivity (Wildman–Crippen MR) is 73.3 cm³/mol. The SMILES string of the molecule is CN1CCN(CCSc2ccc(N)cn2)CC1. The number of hydrogen-bond donors (Lipinski definition) is 1. The van der Waals surface area contributed by atoms with E-state index < -0.39 is 0 Å². The molecule has 2 rings (SSSR count). The molecule has 0 aromatic carbocycles. The number of piperazine rings is 1. The van der Waals surface area contributed by atoms with E-state index in [2.05, 4.69) is 21.8 Å². The first-order valence-electron chi connectivity index (χ1n) is 5.99. The molecule has 0 spiro atoms. The molecule has 0 bridgehead atoms. The van der Waals surface area contributed by atoms with E-state index in [9.17, 15) is 0 Å². The molecular formula is C12H20N4S. The van der Waals surface area contributed by atoms with Gasteiger partial charge in [-0.2, -0.15) is 0 Å². The first-order chi connectivity index (χ1) is 8.24. The zero-order valence-corrected chi connectivity index (χ0v) is 11.1. The second kappa shape index (κ2) is 6.23. The Hall–Kier alpha value is -0.780. The van der Waals surface area contributed by atoms with Crippen LogP contribution >= 0.6 is 11.8 Å². The number of pyridine rings is 1. The van der Waals surface area contributed by atoms with Gasteiger partial charge in [-0.05, 0) is 19.2 Å². The van der Waals surface area contributed by atoms with E-state index in [0.717, 1.165) is 23.0 Å². The Morgan fingerprint density at radius 3 is 2.71 bits per heavy atom. The van der Waals surface area contributed by atoms with Gasteiger partial charge in [-0.1, -0.05) is 0 Å². The summed E-state index contributed by atoms with van der Waals surface area (Å²) in [5.41, 5.74) is 6.33. The van der Waals surface area contributed by atoms with Crippen LogP contribution in [0.4, 0.5) is 5.69 Å². The third-order valence-corrected chi connectivity index (χ3v) is 3.94. The fourth-order valence-corrected chi connectivity index (χ4v) is 2.68. The second-order valence-electron chi connectivity index (χ2n) is 4.42. The van der Waals surface area contributed by atoms with Crippen LogP contribution in [0.15, 0.2) is 23.4 Å². The van der Waals surface area contributed by atoms with Crippen LogP contribution in [0.5, 0.6) is 0 Å². The molecule has 1 aliphatic heterocycles. The van der Waals surface area contributed by atoms with Gasteiger partial charge in [0, 0.05) is 38.5 Å². The molecular weight excluding hydrogens is 232 g/mol. The maximum absolute atomic E-state index is 5.60. The van der Waals surface area contributed by atoms with Crippen molar-refractivity contribution in [3.63, 3.8) is 0 Å². The molecule has 0 unspecified atom stereocenters. The van der Waals surface area contributed by atoms with E-state index in [1.54, 1.807) is 18.0 Å². The Morgan fingerprint density at radius 1 is 1.29 bits per heavy atom. The molecule has 0 aliphatic carbocycles. The smallest absolute Gasteiger partial charge is 0.0961 e. The molecule has 1 aromatic heterocycles. The first-order valence-corrected chi connectivity index (χ1v) is 6.98. The molecule has 0 radical (unpaired) electrons. The van der Waals surface area contributed by atoms with E-state index in [4.69, 9.17) is 5.73 Å². The molecule has 4 nitrogen and oxygen atoms in total.